The molecular formula is C16H24O. The number of carbonyl (C=O) groups excluding carboxylic acids is 1. The molecule has 0 aliphatic heterocycles. The predicted molar refractivity (Wildman–Crippen MR) is 73.8 cm³/mol. The Kier molecular flexibility index (Phi) is 3.81. The van der Waals surface area contributed by atoms with Gasteiger partial charge in [-0.3, -0.25) is 4.79 Å². The molecule has 0 N–H and O–H groups in total. The number of hydrogen-bond donors (Lipinski definition) is 0. The lowest BCUT2D eigenvalue weighted by molar-refractivity contribution is 0.0831. The van der Waals surface area contributed by atoms with E-state index in [2.05, 4.69) is 40.7 Å². The average molecular weight is 232 g/mol. The van der Waals surface area contributed by atoms with Gasteiger partial charge in [0.15, 0.2) is 5.78 Å². The second-order valence-electron chi connectivity index (χ2n) is 5.70. The number of hydrogen-bond acceptors (Lipinski definition) is 1. The molecule has 0 heterocycles. The summed E-state index contributed by atoms with van der Waals surface area (Å²) >= 11 is 0. The average Bonchev–Trinajstić information content (AvgIpc) is 2.26. The predicted octanol–water partition coefficient (Wildman–Crippen LogP) is 4.54. The van der Waals surface area contributed by atoms with Crippen molar-refractivity contribution in [2.24, 2.45) is 5.41 Å². The van der Waals surface area contributed by atoms with Crippen molar-refractivity contribution in [3.05, 3.63) is 33.9 Å². The van der Waals surface area contributed by atoms with Crippen molar-refractivity contribution < 1.29 is 4.79 Å². The molecule has 1 heteroatoms. The summed E-state index contributed by atoms with van der Waals surface area (Å²) in [5, 5.41) is 0. The first-order valence-electron chi connectivity index (χ1n) is 6.34. The Bertz CT molecular complexity index is 427. The van der Waals surface area contributed by atoms with Gasteiger partial charge in [-0.05, 0) is 56.4 Å². The summed E-state index contributed by atoms with van der Waals surface area (Å²) in [4.78, 5) is 12.6. The zero-order valence-electron chi connectivity index (χ0n) is 12.2. The maximum Gasteiger partial charge on any atom is 0.168 e. The monoisotopic (exact) mass is 232 g/mol. The van der Waals surface area contributed by atoms with Crippen LogP contribution < -0.4 is 0 Å². The summed E-state index contributed by atoms with van der Waals surface area (Å²) in [6.07, 6.45) is 0.873. The molecule has 0 radical (unpaired) electrons. The molecular weight excluding hydrogens is 208 g/mol. The normalized spacial score (nSPS) is 11.7. The lowest BCUT2D eigenvalue weighted by Gasteiger charge is -2.24. The van der Waals surface area contributed by atoms with E-state index in [1.54, 1.807) is 0 Å². The van der Waals surface area contributed by atoms with Gasteiger partial charge in [-0.15, -0.1) is 0 Å². The van der Waals surface area contributed by atoms with Crippen LogP contribution in [0.5, 0.6) is 0 Å². The van der Waals surface area contributed by atoms with Crippen LogP contribution in [0.25, 0.3) is 0 Å². The highest BCUT2D eigenvalue weighted by atomic mass is 16.1. The van der Waals surface area contributed by atoms with Crippen LogP contribution in [0.4, 0.5) is 0 Å². The van der Waals surface area contributed by atoms with Crippen LogP contribution in [0.2, 0.25) is 0 Å². The Morgan fingerprint density at radius 2 is 1.47 bits per heavy atom. The lowest BCUT2D eigenvalue weighted by Crippen LogP contribution is -2.25. The van der Waals surface area contributed by atoms with Gasteiger partial charge in [-0.1, -0.05) is 26.8 Å². The largest absolute Gasteiger partial charge is 0.294 e. The van der Waals surface area contributed by atoms with Gasteiger partial charge in [0.25, 0.3) is 0 Å². The summed E-state index contributed by atoms with van der Waals surface area (Å²) in [7, 11) is 0. The van der Waals surface area contributed by atoms with Crippen LogP contribution in [0.15, 0.2) is 6.07 Å². The third-order valence-electron chi connectivity index (χ3n) is 4.09. The van der Waals surface area contributed by atoms with Crippen LogP contribution in [-0.2, 0) is 0 Å². The van der Waals surface area contributed by atoms with Crippen molar-refractivity contribution in [1.82, 2.24) is 0 Å². The zero-order chi connectivity index (χ0) is 13.4. The third-order valence-corrected chi connectivity index (χ3v) is 4.09. The zero-order valence-corrected chi connectivity index (χ0v) is 12.2. The molecule has 0 aliphatic rings. The Morgan fingerprint density at radius 1 is 1.06 bits per heavy atom. The molecule has 0 spiro atoms. The van der Waals surface area contributed by atoms with E-state index in [9.17, 15) is 4.79 Å². The molecule has 1 nitrogen and oxygen atoms in total. The molecule has 0 unspecified atom stereocenters. The molecule has 94 valence electrons. The summed E-state index contributed by atoms with van der Waals surface area (Å²) in [6, 6.07) is 2.17. The van der Waals surface area contributed by atoms with E-state index >= 15 is 0 Å². The van der Waals surface area contributed by atoms with Gasteiger partial charge in [0, 0.05) is 11.0 Å². The van der Waals surface area contributed by atoms with Crippen LogP contribution >= 0.6 is 0 Å². The number of benzene rings is 1. The minimum Gasteiger partial charge on any atom is -0.294 e. The first-order valence-corrected chi connectivity index (χ1v) is 6.34. The van der Waals surface area contributed by atoms with E-state index in [1.807, 2.05) is 13.8 Å². The van der Waals surface area contributed by atoms with Crippen LogP contribution in [0.1, 0.15) is 59.8 Å². The van der Waals surface area contributed by atoms with E-state index in [-0.39, 0.29) is 11.2 Å². The molecule has 0 atom stereocenters. The van der Waals surface area contributed by atoms with Crippen molar-refractivity contribution in [2.45, 2.75) is 54.9 Å². The lowest BCUT2D eigenvalue weighted by atomic mass is 9.78. The van der Waals surface area contributed by atoms with E-state index < -0.39 is 0 Å². The molecule has 1 aromatic carbocycles. The van der Waals surface area contributed by atoms with Crippen molar-refractivity contribution >= 4 is 5.78 Å². The Morgan fingerprint density at radius 3 is 1.82 bits per heavy atom. The molecule has 0 saturated heterocycles. The number of aryl methyl sites for hydroxylation is 2. The van der Waals surface area contributed by atoms with E-state index in [4.69, 9.17) is 0 Å². The van der Waals surface area contributed by atoms with Crippen molar-refractivity contribution in [3.8, 4) is 0 Å². The van der Waals surface area contributed by atoms with E-state index in [1.165, 1.54) is 11.1 Å². The summed E-state index contributed by atoms with van der Waals surface area (Å²) < 4.78 is 0. The van der Waals surface area contributed by atoms with E-state index in [0.717, 1.165) is 23.1 Å². The van der Waals surface area contributed by atoms with E-state index in [0.29, 0.717) is 0 Å². The quantitative estimate of drug-likeness (QED) is 0.699. The van der Waals surface area contributed by atoms with Gasteiger partial charge in [0.1, 0.15) is 0 Å². The fraction of sp³-hybridized carbons (Fsp3) is 0.562. The Balaban J connectivity index is 3.47. The first-order chi connectivity index (χ1) is 7.72. The van der Waals surface area contributed by atoms with Crippen molar-refractivity contribution in [3.63, 3.8) is 0 Å². The van der Waals surface area contributed by atoms with Gasteiger partial charge in [0.2, 0.25) is 0 Å². The number of ketones is 1. The molecule has 1 rings (SSSR count). The minimum atomic E-state index is -0.268. The van der Waals surface area contributed by atoms with Crippen molar-refractivity contribution in [1.29, 1.82) is 0 Å². The summed E-state index contributed by atoms with van der Waals surface area (Å²) in [6.45, 7) is 14.4. The van der Waals surface area contributed by atoms with Gasteiger partial charge in [0.05, 0.1) is 0 Å². The molecule has 0 fully saturated rings. The third kappa shape index (κ3) is 2.43. The SMILES string of the molecule is CCC(C)(C)C(=O)c1c(C)c(C)cc(C)c1C. The molecule has 0 aromatic heterocycles. The topological polar surface area (TPSA) is 17.1 Å². The molecule has 0 aliphatic carbocycles. The second kappa shape index (κ2) is 4.64. The van der Waals surface area contributed by atoms with Gasteiger partial charge in [-0.2, -0.15) is 0 Å². The maximum absolute atomic E-state index is 12.6. The second-order valence-corrected chi connectivity index (χ2v) is 5.70. The van der Waals surface area contributed by atoms with Gasteiger partial charge >= 0.3 is 0 Å². The molecule has 0 saturated carbocycles. The standard InChI is InChI=1S/C16H24O/c1-8-16(6,7)15(17)14-12(4)10(2)9-11(3)13(14)5/h9H,8H2,1-7H3. The van der Waals surface area contributed by atoms with Crippen molar-refractivity contribution in [2.75, 3.05) is 0 Å². The molecule has 0 amide bonds. The minimum absolute atomic E-state index is 0.268. The summed E-state index contributed by atoms with van der Waals surface area (Å²) in [5.41, 5.74) is 5.37. The fourth-order valence-electron chi connectivity index (χ4n) is 2.06. The maximum atomic E-state index is 12.6. The van der Waals surface area contributed by atoms with Crippen LogP contribution in [0, 0.1) is 33.1 Å². The highest BCUT2D eigenvalue weighted by molar-refractivity contribution is 6.03. The number of rotatable bonds is 3. The molecule has 17 heavy (non-hydrogen) atoms. The fourth-order valence-corrected chi connectivity index (χ4v) is 2.06. The highest BCUT2D eigenvalue weighted by Gasteiger charge is 2.29. The smallest absolute Gasteiger partial charge is 0.168 e. The number of carbonyl (C=O) groups is 1. The first kappa shape index (κ1) is 14.0. The molecule has 1 aromatic rings. The Labute approximate surface area is 105 Å². The summed E-state index contributed by atoms with van der Waals surface area (Å²) in [5.74, 6) is 0.279. The molecule has 0 bridgehead atoms. The Hall–Kier alpha value is -1.11. The van der Waals surface area contributed by atoms with Crippen LogP contribution in [-0.4, -0.2) is 5.78 Å². The van der Waals surface area contributed by atoms with Gasteiger partial charge < -0.3 is 0 Å². The van der Waals surface area contributed by atoms with Gasteiger partial charge in [-0.25, -0.2) is 0 Å². The number of Topliss-reactive ketones (excluding diaryl/α,β-unsaturated/α-hetero) is 1. The van der Waals surface area contributed by atoms with Crippen LogP contribution in [0.3, 0.4) is 0 Å². The highest BCUT2D eigenvalue weighted by Crippen LogP contribution is 2.31.